The molecule has 0 bridgehead atoms. The predicted molar refractivity (Wildman–Crippen MR) is 82.6 cm³/mol. The molecule has 0 spiro atoms. The lowest BCUT2D eigenvalue weighted by Gasteiger charge is -2.06. The van der Waals surface area contributed by atoms with E-state index in [0.29, 0.717) is 0 Å². The van der Waals surface area contributed by atoms with Crippen molar-refractivity contribution in [3.63, 3.8) is 0 Å². The van der Waals surface area contributed by atoms with Crippen LogP contribution in [0.4, 0.5) is 11.5 Å². The van der Waals surface area contributed by atoms with Crippen LogP contribution in [0.25, 0.3) is 21.9 Å². The number of nitrogens with zero attached hydrogens (tertiary/aromatic N) is 4. The van der Waals surface area contributed by atoms with Crippen molar-refractivity contribution < 1.29 is 0 Å². The van der Waals surface area contributed by atoms with E-state index in [-0.39, 0.29) is 0 Å². The number of anilines is 2. The molecule has 0 atom stereocenters. The minimum Gasteiger partial charge on any atom is -0.337 e. The first-order valence-electron chi connectivity index (χ1n) is 6.71. The summed E-state index contributed by atoms with van der Waals surface area (Å²) in [4.78, 5) is 4.36. The molecule has 3 aromatic heterocycles. The molecule has 0 radical (unpaired) electrons. The van der Waals surface area contributed by atoms with Gasteiger partial charge in [-0.05, 0) is 36.8 Å². The Balaban J connectivity index is 1.82. The number of pyridine rings is 1. The molecule has 4 aromatic rings. The molecule has 6 heteroatoms. The van der Waals surface area contributed by atoms with Crippen molar-refractivity contribution in [3.05, 3.63) is 42.2 Å². The number of aromatic nitrogens is 5. The normalized spacial score (nSPS) is 11.3. The van der Waals surface area contributed by atoms with E-state index in [1.165, 1.54) is 5.56 Å². The zero-order chi connectivity index (χ0) is 14.4. The molecule has 0 aliphatic rings. The van der Waals surface area contributed by atoms with Crippen molar-refractivity contribution in [1.82, 2.24) is 25.0 Å². The smallest absolute Gasteiger partial charge is 0.178 e. The van der Waals surface area contributed by atoms with Crippen molar-refractivity contribution in [3.8, 4) is 0 Å². The van der Waals surface area contributed by atoms with Crippen molar-refractivity contribution in [2.75, 3.05) is 5.32 Å². The third-order valence-corrected chi connectivity index (χ3v) is 3.66. The van der Waals surface area contributed by atoms with Crippen LogP contribution in [0.3, 0.4) is 0 Å². The van der Waals surface area contributed by atoms with Gasteiger partial charge in [0.1, 0.15) is 5.52 Å². The molecule has 0 saturated carbocycles. The largest absolute Gasteiger partial charge is 0.337 e. The molecule has 2 N–H and O–H groups in total. The zero-order valence-corrected chi connectivity index (χ0v) is 11.8. The minimum absolute atomic E-state index is 0.728. The van der Waals surface area contributed by atoms with Gasteiger partial charge in [-0.1, -0.05) is 0 Å². The molecule has 4 rings (SSSR count). The highest BCUT2D eigenvalue weighted by Crippen LogP contribution is 2.27. The van der Waals surface area contributed by atoms with Gasteiger partial charge in [-0.15, -0.1) is 0 Å². The first-order valence-corrected chi connectivity index (χ1v) is 6.71. The number of nitrogens with one attached hydrogen (secondary N) is 2. The molecule has 1 aromatic carbocycles. The summed E-state index contributed by atoms with van der Waals surface area (Å²) in [5.41, 5.74) is 4.99. The Hall–Kier alpha value is -2.89. The van der Waals surface area contributed by atoms with Crippen LogP contribution < -0.4 is 5.32 Å². The van der Waals surface area contributed by atoms with Crippen LogP contribution in [-0.2, 0) is 7.05 Å². The van der Waals surface area contributed by atoms with Crippen molar-refractivity contribution in [2.24, 2.45) is 7.05 Å². The SMILES string of the molecule is Cc1cc(Nc2n[nH]c3cccnc23)cc2c1cnn2C. The summed E-state index contributed by atoms with van der Waals surface area (Å²) in [6.07, 6.45) is 3.65. The van der Waals surface area contributed by atoms with Crippen LogP contribution in [0.1, 0.15) is 5.56 Å². The summed E-state index contributed by atoms with van der Waals surface area (Å²) in [6.45, 7) is 2.08. The number of aromatic amines is 1. The van der Waals surface area contributed by atoms with Gasteiger partial charge in [-0.25, -0.2) is 0 Å². The van der Waals surface area contributed by atoms with Crippen LogP contribution in [0.5, 0.6) is 0 Å². The molecule has 104 valence electrons. The van der Waals surface area contributed by atoms with Crippen LogP contribution in [0, 0.1) is 6.92 Å². The van der Waals surface area contributed by atoms with E-state index in [1.54, 1.807) is 6.20 Å². The maximum Gasteiger partial charge on any atom is 0.178 e. The van der Waals surface area contributed by atoms with Crippen molar-refractivity contribution >= 4 is 33.4 Å². The lowest BCUT2D eigenvalue weighted by molar-refractivity contribution is 0.797. The average molecular weight is 278 g/mol. The second-order valence-corrected chi connectivity index (χ2v) is 5.09. The Bertz CT molecular complexity index is 949. The summed E-state index contributed by atoms with van der Waals surface area (Å²) in [5, 5.41) is 16.1. The van der Waals surface area contributed by atoms with E-state index < -0.39 is 0 Å². The Morgan fingerprint density at radius 2 is 2.19 bits per heavy atom. The molecule has 6 nitrogen and oxygen atoms in total. The van der Waals surface area contributed by atoms with E-state index in [2.05, 4.69) is 44.7 Å². The Kier molecular flexibility index (Phi) is 2.44. The number of hydrogen-bond donors (Lipinski definition) is 2. The number of benzene rings is 1. The van der Waals surface area contributed by atoms with E-state index in [4.69, 9.17) is 0 Å². The van der Waals surface area contributed by atoms with Gasteiger partial charge in [-0.3, -0.25) is 14.8 Å². The van der Waals surface area contributed by atoms with Gasteiger partial charge in [0.05, 0.1) is 17.2 Å². The first-order chi connectivity index (χ1) is 10.2. The Morgan fingerprint density at radius 1 is 1.29 bits per heavy atom. The molecule has 0 fully saturated rings. The van der Waals surface area contributed by atoms with Gasteiger partial charge in [0.2, 0.25) is 0 Å². The molecular weight excluding hydrogens is 264 g/mol. The predicted octanol–water partition coefficient (Wildman–Crippen LogP) is 2.90. The monoisotopic (exact) mass is 278 g/mol. The third-order valence-electron chi connectivity index (χ3n) is 3.66. The lowest BCUT2D eigenvalue weighted by Crippen LogP contribution is -1.95. The molecule has 3 heterocycles. The van der Waals surface area contributed by atoms with E-state index >= 15 is 0 Å². The standard InChI is InChI=1S/C15H14N6/c1-9-6-10(7-13-11(9)8-17-21(13)2)18-15-14-12(19-20-15)4-3-5-16-14/h3-8H,1-2H3,(H2,18,19,20). The quantitative estimate of drug-likeness (QED) is 0.591. The lowest BCUT2D eigenvalue weighted by atomic mass is 10.1. The van der Waals surface area contributed by atoms with Gasteiger partial charge in [0.25, 0.3) is 0 Å². The molecule has 0 amide bonds. The van der Waals surface area contributed by atoms with Gasteiger partial charge >= 0.3 is 0 Å². The summed E-state index contributed by atoms with van der Waals surface area (Å²) >= 11 is 0. The molecule has 21 heavy (non-hydrogen) atoms. The Labute approximate surface area is 120 Å². The van der Waals surface area contributed by atoms with Crippen LogP contribution in [-0.4, -0.2) is 25.0 Å². The van der Waals surface area contributed by atoms with E-state index in [1.807, 2.05) is 30.1 Å². The fourth-order valence-corrected chi connectivity index (χ4v) is 2.57. The highest BCUT2D eigenvalue weighted by molar-refractivity contribution is 5.90. The summed E-state index contributed by atoms with van der Waals surface area (Å²) < 4.78 is 1.87. The summed E-state index contributed by atoms with van der Waals surface area (Å²) in [6, 6.07) is 8.00. The topological polar surface area (TPSA) is 71.4 Å². The Morgan fingerprint density at radius 3 is 3.10 bits per heavy atom. The molecule has 0 unspecified atom stereocenters. The second-order valence-electron chi connectivity index (χ2n) is 5.09. The average Bonchev–Trinajstić information content (AvgIpc) is 3.05. The molecule has 0 saturated heterocycles. The van der Waals surface area contributed by atoms with Crippen LogP contribution >= 0.6 is 0 Å². The van der Waals surface area contributed by atoms with Gasteiger partial charge in [0, 0.05) is 24.3 Å². The number of fused-ring (bicyclic) bond motifs is 2. The highest BCUT2D eigenvalue weighted by Gasteiger charge is 2.09. The van der Waals surface area contributed by atoms with Gasteiger partial charge in [0.15, 0.2) is 5.82 Å². The zero-order valence-electron chi connectivity index (χ0n) is 11.8. The number of hydrogen-bond acceptors (Lipinski definition) is 4. The fraction of sp³-hybridized carbons (Fsp3) is 0.133. The van der Waals surface area contributed by atoms with Gasteiger partial charge in [-0.2, -0.15) is 10.2 Å². The van der Waals surface area contributed by atoms with Crippen molar-refractivity contribution in [1.29, 1.82) is 0 Å². The van der Waals surface area contributed by atoms with Crippen LogP contribution in [0.2, 0.25) is 0 Å². The number of aryl methyl sites for hydroxylation is 2. The maximum atomic E-state index is 4.36. The molecule has 0 aliphatic carbocycles. The minimum atomic E-state index is 0.728. The summed E-state index contributed by atoms with van der Waals surface area (Å²) in [7, 11) is 1.94. The summed E-state index contributed by atoms with van der Waals surface area (Å²) in [5.74, 6) is 0.728. The van der Waals surface area contributed by atoms with E-state index in [9.17, 15) is 0 Å². The van der Waals surface area contributed by atoms with Gasteiger partial charge < -0.3 is 5.32 Å². The van der Waals surface area contributed by atoms with E-state index in [0.717, 1.165) is 33.4 Å². The molecule has 0 aliphatic heterocycles. The number of H-pyrrole nitrogens is 1. The first kappa shape index (κ1) is 11.9. The fourth-order valence-electron chi connectivity index (χ4n) is 2.57. The van der Waals surface area contributed by atoms with Crippen molar-refractivity contribution in [2.45, 2.75) is 6.92 Å². The highest BCUT2D eigenvalue weighted by atomic mass is 15.2. The number of rotatable bonds is 2. The third kappa shape index (κ3) is 1.84. The van der Waals surface area contributed by atoms with Crippen LogP contribution in [0.15, 0.2) is 36.7 Å². The molecular formula is C15H14N6. The second kappa shape index (κ2) is 4.31. The maximum absolute atomic E-state index is 4.36.